The molecule has 0 fully saturated rings. The fraction of sp³-hybridized carbons (Fsp3) is 0.300. The number of hydrogen-bond acceptors (Lipinski definition) is 3. The fourth-order valence-electron chi connectivity index (χ4n) is 0.998. The zero-order chi connectivity index (χ0) is 12.2. The van der Waals surface area contributed by atoms with Gasteiger partial charge in [-0.3, -0.25) is 0 Å². The van der Waals surface area contributed by atoms with Crippen molar-refractivity contribution in [2.75, 3.05) is 6.54 Å². The molecular formula is C10H11FN2O2S. The summed E-state index contributed by atoms with van der Waals surface area (Å²) in [5, 5.41) is 8.50. The highest BCUT2D eigenvalue weighted by Crippen LogP contribution is 2.10. The topological polar surface area (TPSA) is 70.0 Å². The average molecular weight is 242 g/mol. The Kier molecular flexibility index (Phi) is 3.99. The van der Waals surface area contributed by atoms with Crippen LogP contribution in [-0.4, -0.2) is 15.0 Å². The first-order chi connectivity index (χ1) is 7.45. The molecule has 86 valence electrons. The summed E-state index contributed by atoms with van der Waals surface area (Å²) < 4.78 is 38.3. The number of hydrogen-bond donors (Lipinski definition) is 1. The van der Waals surface area contributed by atoms with E-state index < -0.39 is 21.8 Å². The molecule has 0 spiro atoms. The van der Waals surface area contributed by atoms with Crippen LogP contribution in [0.3, 0.4) is 0 Å². The smallest absolute Gasteiger partial charge is 0.210 e. The van der Waals surface area contributed by atoms with Crippen molar-refractivity contribution in [1.29, 1.82) is 5.26 Å². The number of rotatable bonds is 4. The van der Waals surface area contributed by atoms with Crippen molar-refractivity contribution in [3.8, 4) is 6.07 Å². The maximum absolute atomic E-state index is 12.8. The second-order valence-corrected chi connectivity index (χ2v) is 5.11. The molecule has 0 aliphatic rings. The van der Waals surface area contributed by atoms with Crippen molar-refractivity contribution >= 4 is 10.0 Å². The van der Waals surface area contributed by atoms with Gasteiger partial charge >= 0.3 is 0 Å². The van der Waals surface area contributed by atoms with Crippen molar-refractivity contribution in [3.05, 3.63) is 30.1 Å². The van der Waals surface area contributed by atoms with E-state index in [0.29, 0.717) is 0 Å². The summed E-state index contributed by atoms with van der Waals surface area (Å²) in [6.45, 7) is 1.60. The summed E-state index contributed by atoms with van der Waals surface area (Å²) >= 11 is 0. The summed E-state index contributed by atoms with van der Waals surface area (Å²) in [7, 11) is -3.73. The summed E-state index contributed by atoms with van der Waals surface area (Å²) in [6.07, 6.45) is 0. The molecule has 0 amide bonds. The van der Waals surface area contributed by atoms with Crippen LogP contribution in [0.5, 0.6) is 0 Å². The molecule has 0 aromatic heterocycles. The van der Waals surface area contributed by atoms with Gasteiger partial charge in [-0.1, -0.05) is 6.07 Å². The summed E-state index contributed by atoms with van der Waals surface area (Å²) in [5.74, 6) is -1.04. The van der Waals surface area contributed by atoms with Crippen molar-refractivity contribution in [2.24, 2.45) is 5.92 Å². The zero-order valence-corrected chi connectivity index (χ0v) is 9.46. The SMILES string of the molecule is CC(C#N)CNS(=O)(=O)c1cccc(F)c1. The van der Waals surface area contributed by atoms with Crippen molar-refractivity contribution in [2.45, 2.75) is 11.8 Å². The number of nitrogens with one attached hydrogen (secondary N) is 1. The molecule has 6 heteroatoms. The molecule has 0 radical (unpaired) electrons. The Balaban J connectivity index is 2.83. The molecule has 0 aliphatic carbocycles. The van der Waals surface area contributed by atoms with Gasteiger partial charge in [0.1, 0.15) is 5.82 Å². The van der Waals surface area contributed by atoms with Gasteiger partial charge in [0.25, 0.3) is 0 Å². The van der Waals surface area contributed by atoms with Crippen LogP contribution in [0.1, 0.15) is 6.92 Å². The standard InChI is InChI=1S/C10H11FN2O2S/c1-8(6-12)7-13-16(14,15)10-4-2-3-9(11)5-10/h2-5,8,13H,7H2,1H3. The second kappa shape index (κ2) is 5.05. The number of sulfonamides is 1. The predicted octanol–water partition coefficient (Wildman–Crippen LogP) is 1.26. The lowest BCUT2D eigenvalue weighted by Crippen LogP contribution is -2.28. The van der Waals surface area contributed by atoms with Gasteiger partial charge in [0.2, 0.25) is 10.0 Å². The fourth-order valence-corrected chi connectivity index (χ4v) is 2.16. The Morgan fingerprint density at radius 1 is 1.56 bits per heavy atom. The Bertz CT molecular complexity index is 508. The van der Waals surface area contributed by atoms with E-state index in [-0.39, 0.29) is 11.4 Å². The predicted molar refractivity (Wildman–Crippen MR) is 56.4 cm³/mol. The lowest BCUT2D eigenvalue weighted by molar-refractivity contribution is 0.569. The van der Waals surface area contributed by atoms with Crippen LogP contribution in [0, 0.1) is 23.1 Å². The van der Waals surface area contributed by atoms with Crippen LogP contribution in [0.15, 0.2) is 29.2 Å². The largest absolute Gasteiger partial charge is 0.240 e. The van der Waals surface area contributed by atoms with E-state index in [1.165, 1.54) is 12.1 Å². The van der Waals surface area contributed by atoms with E-state index in [9.17, 15) is 12.8 Å². The minimum Gasteiger partial charge on any atom is -0.210 e. The Labute approximate surface area is 93.8 Å². The molecule has 1 rings (SSSR count). The Morgan fingerprint density at radius 2 is 2.25 bits per heavy atom. The molecule has 4 nitrogen and oxygen atoms in total. The molecule has 1 atom stereocenters. The third-order valence-electron chi connectivity index (χ3n) is 1.91. The third-order valence-corrected chi connectivity index (χ3v) is 3.33. The molecule has 1 N–H and O–H groups in total. The van der Waals surface area contributed by atoms with E-state index in [1.807, 2.05) is 6.07 Å². The molecule has 0 saturated carbocycles. The first-order valence-electron chi connectivity index (χ1n) is 4.60. The van der Waals surface area contributed by atoms with Gasteiger partial charge < -0.3 is 0 Å². The van der Waals surface area contributed by atoms with Crippen LogP contribution in [-0.2, 0) is 10.0 Å². The molecule has 0 heterocycles. The third kappa shape index (κ3) is 3.29. The summed E-state index contributed by atoms with van der Waals surface area (Å²) in [6, 6.07) is 6.60. The Hall–Kier alpha value is -1.45. The minimum absolute atomic E-state index is 0.00927. The summed E-state index contributed by atoms with van der Waals surface area (Å²) in [4.78, 5) is -0.141. The van der Waals surface area contributed by atoms with Gasteiger partial charge in [0.05, 0.1) is 16.9 Å². The number of benzene rings is 1. The highest BCUT2D eigenvalue weighted by molar-refractivity contribution is 7.89. The molecule has 16 heavy (non-hydrogen) atoms. The van der Waals surface area contributed by atoms with Crippen molar-refractivity contribution in [3.63, 3.8) is 0 Å². The van der Waals surface area contributed by atoms with Crippen LogP contribution in [0.4, 0.5) is 4.39 Å². The monoisotopic (exact) mass is 242 g/mol. The average Bonchev–Trinajstić information content (AvgIpc) is 2.26. The molecule has 0 saturated heterocycles. The molecule has 1 aromatic carbocycles. The van der Waals surface area contributed by atoms with E-state index in [1.54, 1.807) is 6.92 Å². The van der Waals surface area contributed by atoms with Gasteiger partial charge in [-0.15, -0.1) is 0 Å². The van der Waals surface area contributed by atoms with E-state index in [4.69, 9.17) is 5.26 Å². The normalized spacial score (nSPS) is 13.1. The maximum atomic E-state index is 12.8. The van der Waals surface area contributed by atoms with E-state index in [2.05, 4.69) is 4.72 Å². The molecule has 0 aliphatic heterocycles. The van der Waals surface area contributed by atoms with Crippen LogP contribution in [0.2, 0.25) is 0 Å². The lowest BCUT2D eigenvalue weighted by Gasteiger charge is -2.07. The van der Waals surface area contributed by atoms with Crippen molar-refractivity contribution in [1.82, 2.24) is 4.72 Å². The van der Waals surface area contributed by atoms with E-state index >= 15 is 0 Å². The lowest BCUT2D eigenvalue weighted by atomic mass is 10.2. The zero-order valence-electron chi connectivity index (χ0n) is 8.64. The van der Waals surface area contributed by atoms with Gasteiger partial charge in [-0.2, -0.15) is 5.26 Å². The van der Waals surface area contributed by atoms with Crippen LogP contribution >= 0.6 is 0 Å². The van der Waals surface area contributed by atoms with Gasteiger partial charge in [-0.25, -0.2) is 17.5 Å². The quantitative estimate of drug-likeness (QED) is 0.864. The molecule has 1 unspecified atom stereocenters. The minimum atomic E-state index is -3.73. The molecular weight excluding hydrogens is 231 g/mol. The second-order valence-electron chi connectivity index (χ2n) is 3.34. The first kappa shape index (κ1) is 12.6. The Morgan fingerprint density at radius 3 is 2.81 bits per heavy atom. The van der Waals surface area contributed by atoms with Crippen molar-refractivity contribution < 1.29 is 12.8 Å². The number of nitriles is 1. The summed E-state index contributed by atoms with van der Waals surface area (Å²) in [5.41, 5.74) is 0. The highest BCUT2D eigenvalue weighted by atomic mass is 32.2. The number of halogens is 1. The maximum Gasteiger partial charge on any atom is 0.240 e. The molecule has 0 bridgehead atoms. The van der Waals surface area contributed by atoms with Gasteiger partial charge in [0.15, 0.2) is 0 Å². The van der Waals surface area contributed by atoms with Gasteiger partial charge in [0, 0.05) is 6.54 Å². The number of nitrogens with zero attached hydrogens (tertiary/aromatic N) is 1. The van der Waals surface area contributed by atoms with Crippen LogP contribution in [0.25, 0.3) is 0 Å². The van der Waals surface area contributed by atoms with E-state index in [0.717, 1.165) is 12.1 Å². The molecule has 1 aromatic rings. The first-order valence-corrected chi connectivity index (χ1v) is 6.09. The highest BCUT2D eigenvalue weighted by Gasteiger charge is 2.15. The van der Waals surface area contributed by atoms with Gasteiger partial charge in [-0.05, 0) is 25.1 Å². The van der Waals surface area contributed by atoms with Crippen LogP contribution < -0.4 is 4.72 Å².